The second-order valence-corrected chi connectivity index (χ2v) is 5.17. The summed E-state index contributed by atoms with van der Waals surface area (Å²) < 4.78 is 13.6. The molecule has 0 spiro atoms. The first-order chi connectivity index (χ1) is 9.04. The van der Waals surface area contributed by atoms with E-state index in [0.717, 1.165) is 24.8 Å². The molecule has 1 aliphatic rings. The molecule has 1 aromatic carbocycles. The Morgan fingerprint density at radius 2 is 2.21 bits per heavy atom. The Bertz CT molecular complexity index is 473. The van der Waals surface area contributed by atoms with E-state index in [1.165, 1.54) is 6.07 Å². The highest BCUT2D eigenvalue weighted by Gasteiger charge is 2.37. The van der Waals surface area contributed by atoms with Gasteiger partial charge in [-0.15, -0.1) is 0 Å². The highest BCUT2D eigenvalue weighted by molar-refractivity contribution is 5.90. The molecule has 3 N–H and O–H groups in total. The monoisotopic (exact) mass is 266 g/mol. The van der Waals surface area contributed by atoms with Crippen molar-refractivity contribution in [3.05, 3.63) is 29.6 Å². The first-order valence-corrected chi connectivity index (χ1v) is 6.51. The summed E-state index contributed by atoms with van der Waals surface area (Å²) in [6.07, 6.45) is 3.30. The second-order valence-electron chi connectivity index (χ2n) is 5.17. The largest absolute Gasteiger partial charge is 0.396 e. The Labute approximate surface area is 112 Å². The third-order valence-corrected chi connectivity index (χ3v) is 3.65. The zero-order chi connectivity index (χ0) is 13.9. The van der Waals surface area contributed by atoms with E-state index in [2.05, 4.69) is 10.6 Å². The van der Waals surface area contributed by atoms with Gasteiger partial charge in [-0.05, 0) is 50.3 Å². The van der Waals surface area contributed by atoms with Crippen molar-refractivity contribution in [1.29, 1.82) is 0 Å². The molecule has 1 aromatic rings. The van der Waals surface area contributed by atoms with Crippen molar-refractivity contribution in [1.82, 2.24) is 5.32 Å². The van der Waals surface area contributed by atoms with E-state index >= 15 is 0 Å². The summed E-state index contributed by atoms with van der Waals surface area (Å²) >= 11 is 0. The number of carbonyl (C=O) groups is 1. The molecule has 2 rings (SSSR count). The molecule has 5 heteroatoms. The fraction of sp³-hybridized carbons (Fsp3) is 0.500. The molecule has 0 atom stereocenters. The summed E-state index contributed by atoms with van der Waals surface area (Å²) in [5, 5.41) is 14.4. The summed E-state index contributed by atoms with van der Waals surface area (Å²) in [4.78, 5) is 11.9. The van der Waals surface area contributed by atoms with Crippen molar-refractivity contribution in [3.8, 4) is 0 Å². The smallest absolute Gasteiger partial charge is 0.319 e. The predicted octanol–water partition coefficient (Wildman–Crippen LogP) is 2.56. The molecule has 2 amide bonds. The van der Waals surface area contributed by atoms with Crippen molar-refractivity contribution < 1.29 is 14.3 Å². The van der Waals surface area contributed by atoms with Gasteiger partial charge >= 0.3 is 6.03 Å². The predicted molar refractivity (Wildman–Crippen MR) is 71.6 cm³/mol. The van der Waals surface area contributed by atoms with Crippen LogP contribution in [-0.4, -0.2) is 23.3 Å². The van der Waals surface area contributed by atoms with Gasteiger partial charge in [0.15, 0.2) is 0 Å². The van der Waals surface area contributed by atoms with Crippen LogP contribution in [0.25, 0.3) is 0 Å². The lowest BCUT2D eigenvalue weighted by Crippen LogP contribution is -2.55. The Balaban J connectivity index is 1.97. The van der Waals surface area contributed by atoms with Gasteiger partial charge in [-0.1, -0.05) is 6.07 Å². The summed E-state index contributed by atoms with van der Waals surface area (Å²) in [5.41, 5.74) is 0.654. The van der Waals surface area contributed by atoms with Gasteiger partial charge in [0, 0.05) is 12.1 Å². The first-order valence-electron chi connectivity index (χ1n) is 6.51. The molecular formula is C14H19FN2O2. The van der Waals surface area contributed by atoms with Crippen molar-refractivity contribution in [3.63, 3.8) is 0 Å². The Hall–Kier alpha value is -1.62. The quantitative estimate of drug-likeness (QED) is 0.784. The third-order valence-electron chi connectivity index (χ3n) is 3.65. The van der Waals surface area contributed by atoms with E-state index < -0.39 is 11.8 Å². The van der Waals surface area contributed by atoms with Crippen LogP contribution >= 0.6 is 0 Å². The number of hydrogen-bond acceptors (Lipinski definition) is 2. The average Bonchev–Trinajstić information content (AvgIpc) is 2.30. The molecule has 0 bridgehead atoms. The van der Waals surface area contributed by atoms with Gasteiger partial charge in [-0.2, -0.15) is 0 Å². The minimum atomic E-state index is -0.444. The van der Waals surface area contributed by atoms with Gasteiger partial charge in [0.2, 0.25) is 0 Å². The summed E-state index contributed by atoms with van der Waals surface area (Å²) in [6.45, 7) is 1.83. The van der Waals surface area contributed by atoms with E-state index in [1.54, 1.807) is 19.1 Å². The van der Waals surface area contributed by atoms with Crippen LogP contribution in [0.15, 0.2) is 18.2 Å². The zero-order valence-corrected chi connectivity index (χ0v) is 11.0. The summed E-state index contributed by atoms with van der Waals surface area (Å²) in [7, 11) is 0. The number of rotatable bonds is 4. The van der Waals surface area contributed by atoms with Gasteiger partial charge in [0.1, 0.15) is 5.82 Å². The standard InChI is InChI=1S/C14H19FN2O2/c1-10-3-4-12(11(15)9-10)16-13(19)17-14(7-8-18)5-2-6-14/h3-4,9,18H,2,5-8H2,1H3,(H2,16,17,19). The number of aliphatic hydroxyl groups excluding tert-OH is 1. The van der Waals surface area contributed by atoms with Crippen LogP contribution in [0.2, 0.25) is 0 Å². The molecule has 0 radical (unpaired) electrons. The van der Waals surface area contributed by atoms with Crippen LogP contribution in [-0.2, 0) is 0 Å². The zero-order valence-electron chi connectivity index (χ0n) is 11.0. The van der Waals surface area contributed by atoms with Crippen LogP contribution < -0.4 is 10.6 Å². The maximum absolute atomic E-state index is 13.6. The van der Waals surface area contributed by atoms with Gasteiger partial charge in [-0.3, -0.25) is 0 Å². The van der Waals surface area contributed by atoms with Crippen molar-refractivity contribution in [2.45, 2.75) is 38.1 Å². The number of anilines is 1. The molecule has 0 aliphatic heterocycles. The highest BCUT2D eigenvalue weighted by atomic mass is 19.1. The van der Waals surface area contributed by atoms with Crippen LogP contribution in [0.1, 0.15) is 31.2 Å². The Morgan fingerprint density at radius 3 is 2.74 bits per heavy atom. The molecule has 0 unspecified atom stereocenters. The van der Waals surface area contributed by atoms with E-state index in [9.17, 15) is 9.18 Å². The van der Waals surface area contributed by atoms with E-state index in [0.29, 0.717) is 6.42 Å². The average molecular weight is 266 g/mol. The molecule has 0 heterocycles. The minimum absolute atomic E-state index is 0.0408. The number of hydrogen-bond donors (Lipinski definition) is 3. The van der Waals surface area contributed by atoms with Gasteiger partial charge in [-0.25, -0.2) is 9.18 Å². The Morgan fingerprint density at radius 1 is 1.47 bits per heavy atom. The van der Waals surface area contributed by atoms with Gasteiger partial charge in [0.25, 0.3) is 0 Å². The van der Waals surface area contributed by atoms with Crippen molar-refractivity contribution in [2.24, 2.45) is 0 Å². The molecule has 19 heavy (non-hydrogen) atoms. The Kier molecular flexibility index (Phi) is 4.04. The van der Waals surface area contributed by atoms with Gasteiger partial charge in [0.05, 0.1) is 5.69 Å². The third kappa shape index (κ3) is 3.23. The maximum Gasteiger partial charge on any atom is 0.319 e. The molecule has 104 valence electrons. The number of aliphatic hydroxyl groups is 1. The molecule has 4 nitrogen and oxygen atoms in total. The van der Waals surface area contributed by atoms with E-state index in [1.807, 2.05) is 0 Å². The number of amides is 2. The van der Waals surface area contributed by atoms with Crippen LogP contribution in [0.5, 0.6) is 0 Å². The molecular weight excluding hydrogens is 247 g/mol. The number of halogens is 1. The molecule has 0 saturated heterocycles. The lowest BCUT2D eigenvalue weighted by molar-refractivity contribution is 0.139. The van der Waals surface area contributed by atoms with E-state index in [4.69, 9.17) is 5.11 Å². The highest BCUT2D eigenvalue weighted by Crippen LogP contribution is 2.34. The number of aryl methyl sites for hydroxylation is 1. The molecule has 1 fully saturated rings. The van der Waals surface area contributed by atoms with Crippen LogP contribution in [0.4, 0.5) is 14.9 Å². The molecule has 0 aromatic heterocycles. The van der Waals surface area contributed by atoms with Crippen LogP contribution in [0, 0.1) is 12.7 Å². The van der Waals surface area contributed by atoms with E-state index in [-0.39, 0.29) is 17.8 Å². The molecule has 1 saturated carbocycles. The SMILES string of the molecule is Cc1ccc(NC(=O)NC2(CCO)CCC2)c(F)c1. The number of carbonyl (C=O) groups excluding carboxylic acids is 1. The lowest BCUT2D eigenvalue weighted by atomic mass is 9.74. The summed E-state index contributed by atoms with van der Waals surface area (Å²) in [5.74, 6) is -0.444. The van der Waals surface area contributed by atoms with Crippen LogP contribution in [0.3, 0.4) is 0 Å². The maximum atomic E-state index is 13.6. The van der Waals surface area contributed by atoms with Crippen molar-refractivity contribution in [2.75, 3.05) is 11.9 Å². The number of urea groups is 1. The number of benzene rings is 1. The summed E-state index contributed by atoms with van der Waals surface area (Å²) in [6, 6.07) is 4.24. The second kappa shape index (κ2) is 5.57. The fourth-order valence-corrected chi connectivity index (χ4v) is 2.37. The minimum Gasteiger partial charge on any atom is -0.396 e. The number of nitrogens with one attached hydrogen (secondary N) is 2. The topological polar surface area (TPSA) is 61.4 Å². The van der Waals surface area contributed by atoms with Crippen molar-refractivity contribution >= 4 is 11.7 Å². The first kappa shape index (κ1) is 13.8. The lowest BCUT2D eigenvalue weighted by Gasteiger charge is -2.42. The molecule has 1 aliphatic carbocycles. The normalized spacial score (nSPS) is 16.6. The fourth-order valence-electron chi connectivity index (χ4n) is 2.37. The van der Waals surface area contributed by atoms with Gasteiger partial charge < -0.3 is 15.7 Å².